The van der Waals surface area contributed by atoms with Crippen molar-refractivity contribution in [2.45, 2.75) is 65.0 Å². The maximum absolute atomic E-state index is 12.1. The molecule has 2 aromatic rings. The van der Waals surface area contributed by atoms with Gasteiger partial charge in [0.05, 0.1) is 6.20 Å². The zero-order chi connectivity index (χ0) is 20.3. The Morgan fingerprint density at radius 1 is 1.36 bits per heavy atom. The maximum atomic E-state index is 12.1. The molecule has 1 N–H and O–H groups in total. The van der Waals surface area contributed by atoms with Crippen LogP contribution in [0.1, 0.15) is 58.9 Å². The van der Waals surface area contributed by atoms with Gasteiger partial charge in [0.25, 0.3) is 0 Å². The second kappa shape index (κ2) is 6.51. The summed E-state index contributed by atoms with van der Waals surface area (Å²) in [6, 6.07) is 2.17. The highest BCUT2D eigenvalue weighted by Gasteiger charge is 2.54. The topological polar surface area (TPSA) is 71.8 Å². The molecule has 0 radical (unpaired) electrons. The normalized spacial score (nSPS) is 19.0. The fourth-order valence-corrected chi connectivity index (χ4v) is 4.42. The van der Waals surface area contributed by atoms with E-state index in [2.05, 4.69) is 29.2 Å². The Morgan fingerprint density at radius 2 is 2.04 bits per heavy atom. The van der Waals surface area contributed by atoms with Gasteiger partial charge >= 0.3 is 6.09 Å². The summed E-state index contributed by atoms with van der Waals surface area (Å²) < 4.78 is 7.28. The van der Waals surface area contributed by atoms with Crippen LogP contribution in [0.15, 0.2) is 12.3 Å². The number of carbonyl (C=O) groups excluding carboxylic acids is 1. The highest BCUT2D eigenvalue weighted by Crippen LogP contribution is 2.49. The molecule has 2 aliphatic rings. The van der Waals surface area contributed by atoms with E-state index in [1.54, 1.807) is 4.90 Å². The first-order valence-electron chi connectivity index (χ1n) is 9.84. The molecule has 1 amide bonds. The monoisotopic (exact) mass is 405 g/mol. The van der Waals surface area contributed by atoms with Gasteiger partial charge in [-0.15, -0.1) is 0 Å². The number of rotatable bonds is 3. The van der Waals surface area contributed by atoms with Gasteiger partial charge in [0.1, 0.15) is 16.6 Å². The van der Waals surface area contributed by atoms with Crippen LogP contribution in [0.2, 0.25) is 5.15 Å². The van der Waals surface area contributed by atoms with Gasteiger partial charge in [0.15, 0.2) is 5.65 Å². The Labute approximate surface area is 170 Å². The van der Waals surface area contributed by atoms with E-state index in [0.29, 0.717) is 17.1 Å². The fraction of sp³-hybridized carbons (Fsp3) is 0.650. The number of likely N-dealkylation sites (tertiary alicyclic amines) is 1. The van der Waals surface area contributed by atoms with E-state index in [0.717, 1.165) is 43.0 Å². The summed E-state index contributed by atoms with van der Waals surface area (Å²) in [5.41, 5.74) is 1.66. The lowest BCUT2D eigenvalue weighted by Crippen LogP contribution is -2.66. The molecule has 0 aromatic carbocycles. The fourth-order valence-electron chi connectivity index (χ4n) is 4.23. The zero-order valence-electron chi connectivity index (χ0n) is 17.1. The van der Waals surface area contributed by atoms with E-state index in [1.807, 2.05) is 37.5 Å². The highest BCUT2D eigenvalue weighted by molar-refractivity contribution is 6.29. The second-order valence-electron chi connectivity index (χ2n) is 9.54. The minimum Gasteiger partial charge on any atom is -0.444 e. The molecule has 4 rings (SSSR count). The molecule has 28 heavy (non-hydrogen) atoms. The molecule has 8 heteroatoms. The quantitative estimate of drug-likeness (QED) is 0.770. The first-order chi connectivity index (χ1) is 13.1. The SMILES string of the molecule is CC(C)c1cnn2c(NC3CC4(C3)CN(C(=O)OC(C)(C)C)C4)cc(Cl)nc12. The molecule has 3 heterocycles. The van der Waals surface area contributed by atoms with Crippen molar-refractivity contribution < 1.29 is 9.53 Å². The Balaban J connectivity index is 1.38. The molecule has 2 aromatic heterocycles. The van der Waals surface area contributed by atoms with E-state index >= 15 is 0 Å². The van der Waals surface area contributed by atoms with Gasteiger partial charge in [-0.3, -0.25) is 0 Å². The Morgan fingerprint density at radius 3 is 2.64 bits per heavy atom. The number of nitrogens with one attached hydrogen (secondary N) is 1. The van der Waals surface area contributed by atoms with Crippen molar-refractivity contribution in [1.29, 1.82) is 0 Å². The van der Waals surface area contributed by atoms with Crippen molar-refractivity contribution in [2.75, 3.05) is 18.4 Å². The van der Waals surface area contributed by atoms with Gasteiger partial charge in [-0.2, -0.15) is 9.61 Å². The van der Waals surface area contributed by atoms with E-state index in [4.69, 9.17) is 16.3 Å². The van der Waals surface area contributed by atoms with Crippen LogP contribution < -0.4 is 5.32 Å². The zero-order valence-corrected chi connectivity index (χ0v) is 17.9. The molecule has 152 valence electrons. The third-order valence-electron chi connectivity index (χ3n) is 5.50. The van der Waals surface area contributed by atoms with Crippen molar-refractivity contribution in [1.82, 2.24) is 19.5 Å². The van der Waals surface area contributed by atoms with Crippen LogP contribution in [-0.2, 0) is 4.74 Å². The van der Waals surface area contributed by atoms with Crippen molar-refractivity contribution >= 4 is 29.2 Å². The van der Waals surface area contributed by atoms with Crippen LogP contribution in [0.5, 0.6) is 0 Å². The Hall–Kier alpha value is -2.02. The molecule has 2 fully saturated rings. The van der Waals surface area contributed by atoms with E-state index < -0.39 is 5.60 Å². The highest BCUT2D eigenvalue weighted by atomic mass is 35.5. The Bertz CT molecular complexity index is 903. The molecule has 0 unspecified atom stereocenters. The largest absolute Gasteiger partial charge is 0.444 e. The number of aromatic nitrogens is 3. The third kappa shape index (κ3) is 3.52. The van der Waals surface area contributed by atoms with Crippen molar-refractivity contribution in [3.63, 3.8) is 0 Å². The Kier molecular flexibility index (Phi) is 4.49. The number of carbonyl (C=O) groups is 1. The van der Waals surface area contributed by atoms with Crippen LogP contribution in [0.3, 0.4) is 0 Å². The van der Waals surface area contributed by atoms with Gasteiger partial charge in [-0.05, 0) is 39.5 Å². The van der Waals surface area contributed by atoms with Crippen molar-refractivity contribution in [3.8, 4) is 0 Å². The lowest BCUT2D eigenvalue weighted by Gasteiger charge is -2.58. The summed E-state index contributed by atoms with van der Waals surface area (Å²) in [4.78, 5) is 18.4. The predicted octanol–water partition coefficient (Wildman–Crippen LogP) is 4.32. The predicted molar refractivity (Wildman–Crippen MR) is 109 cm³/mol. The first-order valence-corrected chi connectivity index (χ1v) is 10.2. The summed E-state index contributed by atoms with van der Waals surface area (Å²) in [5, 5.41) is 8.52. The number of hydrogen-bond donors (Lipinski definition) is 1. The molecular formula is C20H28ClN5O2. The molecule has 0 bridgehead atoms. The number of amides is 1. The maximum Gasteiger partial charge on any atom is 0.410 e. The molecule has 7 nitrogen and oxygen atoms in total. The summed E-state index contributed by atoms with van der Waals surface area (Å²) in [6.07, 6.45) is 3.69. The number of hydrogen-bond acceptors (Lipinski definition) is 5. The molecule has 1 aliphatic heterocycles. The van der Waals surface area contributed by atoms with Gasteiger partial charge in [0, 0.05) is 36.2 Å². The number of halogens is 1. The van der Waals surface area contributed by atoms with Gasteiger partial charge < -0.3 is 15.0 Å². The van der Waals surface area contributed by atoms with E-state index in [9.17, 15) is 4.79 Å². The van der Waals surface area contributed by atoms with Crippen LogP contribution >= 0.6 is 11.6 Å². The summed E-state index contributed by atoms with van der Waals surface area (Å²) in [5.74, 6) is 1.20. The standard InChI is InChI=1S/C20H28ClN5O2/c1-12(2)14-9-22-26-16(6-15(21)24-17(14)26)23-13-7-20(8-13)10-25(11-20)18(27)28-19(3,4)5/h6,9,12-13,23H,7-8,10-11H2,1-5H3. The van der Waals surface area contributed by atoms with Gasteiger partial charge in [-0.25, -0.2) is 9.78 Å². The average Bonchev–Trinajstić information content (AvgIpc) is 2.89. The average molecular weight is 406 g/mol. The lowest BCUT2D eigenvalue weighted by atomic mass is 9.61. The molecule has 1 saturated heterocycles. The molecule has 1 spiro atoms. The summed E-state index contributed by atoms with van der Waals surface area (Å²) in [7, 11) is 0. The van der Waals surface area contributed by atoms with E-state index in [-0.39, 0.29) is 11.5 Å². The minimum atomic E-state index is -0.450. The van der Waals surface area contributed by atoms with E-state index in [1.165, 1.54) is 0 Å². The second-order valence-corrected chi connectivity index (χ2v) is 9.93. The third-order valence-corrected chi connectivity index (χ3v) is 5.70. The van der Waals surface area contributed by atoms with Crippen molar-refractivity contribution in [2.24, 2.45) is 5.41 Å². The number of nitrogens with zero attached hydrogens (tertiary/aromatic N) is 4. The van der Waals surface area contributed by atoms with Crippen LogP contribution in [0, 0.1) is 5.41 Å². The minimum absolute atomic E-state index is 0.213. The van der Waals surface area contributed by atoms with Crippen LogP contribution in [0.25, 0.3) is 5.65 Å². The first kappa shape index (κ1) is 19.3. The van der Waals surface area contributed by atoms with Crippen molar-refractivity contribution in [3.05, 3.63) is 23.0 Å². The molecule has 1 aliphatic carbocycles. The van der Waals surface area contributed by atoms with Gasteiger partial charge in [-0.1, -0.05) is 25.4 Å². The smallest absolute Gasteiger partial charge is 0.410 e. The number of anilines is 1. The van der Waals surface area contributed by atoms with Crippen LogP contribution in [0.4, 0.5) is 10.6 Å². The number of ether oxygens (including phenoxy) is 1. The molecule has 1 saturated carbocycles. The summed E-state index contributed by atoms with van der Waals surface area (Å²) >= 11 is 6.25. The molecule has 0 atom stereocenters. The van der Waals surface area contributed by atoms with Crippen LogP contribution in [-0.4, -0.2) is 50.3 Å². The lowest BCUT2D eigenvalue weighted by molar-refractivity contribution is -0.0739. The van der Waals surface area contributed by atoms with Gasteiger partial charge in [0.2, 0.25) is 0 Å². The molecular weight excluding hydrogens is 378 g/mol. The number of fused-ring (bicyclic) bond motifs is 1. The summed E-state index contributed by atoms with van der Waals surface area (Å²) in [6.45, 7) is 11.5.